The van der Waals surface area contributed by atoms with Gasteiger partial charge in [0.1, 0.15) is 0 Å². The van der Waals surface area contributed by atoms with Crippen LogP contribution in [0.4, 0.5) is 22.0 Å². The molecule has 0 spiro atoms. The van der Waals surface area contributed by atoms with Crippen molar-refractivity contribution < 1.29 is 44.5 Å². The molecule has 25 heavy (non-hydrogen) atoms. The van der Waals surface area contributed by atoms with Crippen LogP contribution in [0.1, 0.15) is 38.5 Å². The van der Waals surface area contributed by atoms with Gasteiger partial charge >= 0.3 is 27.5 Å². The van der Waals surface area contributed by atoms with Gasteiger partial charge in [0.15, 0.2) is 0 Å². The molecule has 11 heteroatoms. The minimum atomic E-state index is -6.42. The fourth-order valence-electron chi connectivity index (χ4n) is 5.05. The third-order valence-electron chi connectivity index (χ3n) is 5.64. The lowest BCUT2D eigenvalue weighted by molar-refractivity contribution is -0.266. The predicted octanol–water partition coefficient (Wildman–Crippen LogP) is 3.16. The van der Waals surface area contributed by atoms with Crippen LogP contribution in [0.3, 0.4) is 0 Å². The molecule has 0 aromatic carbocycles. The van der Waals surface area contributed by atoms with Crippen molar-refractivity contribution in [3.8, 4) is 0 Å². The van der Waals surface area contributed by atoms with Gasteiger partial charge in [0.2, 0.25) is 0 Å². The van der Waals surface area contributed by atoms with E-state index in [9.17, 15) is 35.2 Å². The second-order valence-electron chi connectivity index (χ2n) is 7.56. The fourth-order valence-corrected chi connectivity index (χ4v) is 5.51. The summed E-state index contributed by atoms with van der Waals surface area (Å²) >= 11 is 0. The molecule has 5 nitrogen and oxygen atoms in total. The SMILES string of the molecule is O=C(OC(C(F)(F)F)C(F)(F)S(=O)(=O)O)C12CC3C[C@H](C1)C[C@@H](C3)C2. The summed E-state index contributed by atoms with van der Waals surface area (Å²) in [5.74, 6) is -1.02. The average molecular weight is 392 g/mol. The lowest BCUT2D eigenvalue weighted by Crippen LogP contribution is -2.56. The molecule has 0 heterocycles. The van der Waals surface area contributed by atoms with Crippen molar-refractivity contribution >= 4 is 16.1 Å². The maximum Gasteiger partial charge on any atom is 0.432 e. The molecule has 0 aromatic heterocycles. The van der Waals surface area contributed by atoms with E-state index in [0.29, 0.717) is 0 Å². The summed E-state index contributed by atoms with van der Waals surface area (Å²) in [5.41, 5.74) is -1.27. The molecule has 4 aliphatic carbocycles. The van der Waals surface area contributed by atoms with Crippen LogP contribution in [0.25, 0.3) is 0 Å². The smallest absolute Gasteiger partial charge is 0.432 e. The molecular weight excluding hydrogens is 375 g/mol. The first kappa shape index (κ1) is 18.8. The van der Waals surface area contributed by atoms with Crippen LogP contribution in [0.15, 0.2) is 0 Å². The summed E-state index contributed by atoms with van der Waals surface area (Å²) in [4.78, 5) is 12.4. The molecule has 0 aliphatic heterocycles. The van der Waals surface area contributed by atoms with E-state index in [-0.39, 0.29) is 37.0 Å². The highest BCUT2D eigenvalue weighted by Gasteiger charge is 2.67. The minimum absolute atomic E-state index is 0.144. The summed E-state index contributed by atoms with van der Waals surface area (Å²) in [6.07, 6.45) is -6.73. The van der Waals surface area contributed by atoms with Gasteiger partial charge < -0.3 is 4.74 Å². The maximum atomic E-state index is 13.6. The lowest BCUT2D eigenvalue weighted by atomic mass is 9.49. The van der Waals surface area contributed by atoms with E-state index >= 15 is 0 Å². The van der Waals surface area contributed by atoms with Gasteiger partial charge in [0.05, 0.1) is 5.41 Å². The molecule has 1 atom stereocenters. The van der Waals surface area contributed by atoms with Crippen LogP contribution in [0.2, 0.25) is 0 Å². The van der Waals surface area contributed by atoms with Gasteiger partial charge in [-0.05, 0) is 56.3 Å². The highest BCUT2D eigenvalue weighted by atomic mass is 32.2. The Morgan fingerprint density at radius 2 is 1.40 bits per heavy atom. The normalized spacial score (nSPS) is 36.3. The van der Waals surface area contributed by atoms with Gasteiger partial charge in [-0.2, -0.15) is 30.4 Å². The zero-order chi connectivity index (χ0) is 18.8. The number of halogens is 5. The number of carbonyl (C=O) groups is 1. The van der Waals surface area contributed by atoms with Crippen LogP contribution < -0.4 is 0 Å². The number of hydrogen-bond acceptors (Lipinski definition) is 4. The largest absolute Gasteiger partial charge is 0.444 e. The average Bonchev–Trinajstić information content (AvgIpc) is 2.40. The summed E-state index contributed by atoms with van der Waals surface area (Å²) < 4.78 is 99.9. The molecular formula is C14H17F5O5S. The van der Waals surface area contributed by atoms with E-state index in [4.69, 9.17) is 4.55 Å². The van der Waals surface area contributed by atoms with Crippen LogP contribution in [0, 0.1) is 23.2 Å². The monoisotopic (exact) mass is 392 g/mol. The van der Waals surface area contributed by atoms with Gasteiger partial charge in [0.25, 0.3) is 6.10 Å². The molecule has 0 saturated heterocycles. The maximum absolute atomic E-state index is 13.6. The Balaban J connectivity index is 1.87. The number of hydrogen-bond donors (Lipinski definition) is 1. The summed E-state index contributed by atoms with van der Waals surface area (Å²) in [7, 11) is -6.42. The zero-order valence-corrected chi connectivity index (χ0v) is 13.7. The van der Waals surface area contributed by atoms with Crippen LogP contribution in [-0.2, 0) is 19.6 Å². The number of carbonyl (C=O) groups excluding carboxylic acids is 1. The van der Waals surface area contributed by atoms with Crippen molar-refractivity contribution in [1.82, 2.24) is 0 Å². The van der Waals surface area contributed by atoms with Gasteiger partial charge in [-0.15, -0.1) is 0 Å². The zero-order valence-electron chi connectivity index (χ0n) is 12.9. The Bertz CT molecular complexity index is 636. The highest BCUT2D eigenvalue weighted by molar-refractivity contribution is 7.86. The number of esters is 1. The molecule has 1 N–H and O–H groups in total. The van der Waals surface area contributed by atoms with Gasteiger partial charge in [-0.25, -0.2) is 0 Å². The Kier molecular flexibility index (Phi) is 4.15. The van der Waals surface area contributed by atoms with Crippen molar-refractivity contribution in [3.05, 3.63) is 0 Å². The minimum Gasteiger partial charge on any atom is -0.444 e. The molecule has 4 fully saturated rings. The van der Waals surface area contributed by atoms with Crippen LogP contribution in [-0.4, -0.2) is 36.5 Å². The van der Waals surface area contributed by atoms with Crippen molar-refractivity contribution in [2.75, 3.05) is 0 Å². The summed E-state index contributed by atoms with van der Waals surface area (Å²) in [6.45, 7) is 0. The molecule has 0 radical (unpaired) electrons. The Hall–Kier alpha value is -0.970. The molecule has 0 amide bonds. The lowest BCUT2D eigenvalue weighted by Gasteiger charge is -2.55. The molecule has 4 rings (SSSR count). The van der Waals surface area contributed by atoms with Crippen LogP contribution in [0.5, 0.6) is 0 Å². The Labute approximate surface area is 140 Å². The van der Waals surface area contributed by atoms with E-state index in [1.165, 1.54) is 0 Å². The molecule has 144 valence electrons. The summed E-state index contributed by atoms with van der Waals surface area (Å²) in [6, 6.07) is 0. The first-order valence-electron chi connectivity index (χ1n) is 7.87. The number of alkyl halides is 5. The van der Waals surface area contributed by atoms with E-state index in [1.807, 2.05) is 0 Å². The fraction of sp³-hybridized carbons (Fsp3) is 0.929. The number of rotatable bonds is 4. The van der Waals surface area contributed by atoms with E-state index in [0.717, 1.165) is 19.3 Å². The molecule has 4 aliphatic rings. The van der Waals surface area contributed by atoms with E-state index < -0.39 is 39.0 Å². The van der Waals surface area contributed by atoms with Crippen molar-refractivity contribution in [2.24, 2.45) is 23.2 Å². The van der Waals surface area contributed by atoms with Crippen molar-refractivity contribution in [3.63, 3.8) is 0 Å². The molecule has 1 unspecified atom stereocenters. The van der Waals surface area contributed by atoms with E-state index in [1.54, 1.807) is 0 Å². The Morgan fingerprint density at radius 3 is 1.72 bits per heavy atom. The first-order chi connectivity index (χ1) is 11.2. The summed E-state index contributed by atoms with van der Waals surface area (Å²) in [5, 5.41) is -5.68. The third kappa shape index (κ3) is 3.13. The van der Waals surface area contributed by atoms with Crippen molar-refractivity contribution in [2.45, 2.75) is 56.1 Å². The number of ether oxygens (including phenoxy) is 1. The van der Waals surface area contributed by atoms with Gasteiger partial charge in [-0.1, -0.05) is 0 Å². The van der Waals surface area contributed by atoms with Crippen molar-refractivity contribution in [1.29, 1.82) is 0 Å². The standard InChI is InChI=1S/C14H17F5O5S/c15-13(16,17)10(14(18,19)25(21,22)23)24-11(20)12-4-7-1-8(5-12)3-9(2-7)6-12/h7-10H,1-6H2,(H,21,22,23)/t7-,8+,9?,10?,12?. The second kappa shape index (κ2) is 5.51. The van der Waals surface area contributed by atoms with Gasteiger partial charge in [-0.3, -0.25) is 9.35 Å². The Morgan fingerprint density at radius 1 is 1.00 bits per heavy atom. The third-order valence-corrected chi connectivity index (χ3v) is 6.54. The molecule has 0 aromatic rings. The molecule has 4 saturated carbocycles. The highest BCUT2D eigenvalue weighted by Crippen LogP contribution is 2.60. The van der Waals surface area contributed by atoms with Crippen LogP contribution >= 0.6 is 0 Å². The first-order valence-corrected chi connectivity index (χ1v) is 9.31. The predicted molar refractivity (Wildman–Crippen MR) is 73.0 cm³/mol. The molecule has 4 bridgehead atoms. The van der Waals surface area contributed by atoms with Gasteiger partial charge in [0, 0.05) is 0 Å². The van der Waals surface area contributed by atoms with E-state index in [2.05, 4.69) is 4.74 Å². The second-order valence-corrected chi connectivity index (χ2v) is 9.06. The topological polar surface area (TPSA) is 80.7 Å². The quantitative estimate of drug-likeness (QED) is 0.452.